The van der Waals surface area contributed by atoms with Crippen molar-refractivity contribution in [3.05, 3.63) is 17.8 Å². The van der Waals surface area contributed by atoms with Crippen molar-refractivity contribution in [1.29, 1.82) is 0 Å². The fourth-order valence-electron chi connectivity index (χ4n) is 1.51. The van der Waals surface area contributed by atoms with Crippen LogP contribution >= 0.6 is 0 Å². The molecule has 0 unspecified atom stereocenters. The highest BCUT2D eigenvalue weighted by molar-refractivity contribution is 6.58. The zero-order valence-electron chi connectivity index (χ0n) is 7.20. The zero-order chi connectivity index (χ0) is 9.26. The van der Waals surface area contributed by atoms with E-state index in [9.17, 15) is 0 Å². The maximum atomic E-state index is 8.92. The number of aryl methyl sites for hydroxylation is 1. The quantitative estimate of drug-likeness (QED) is 0.488. The van der Waals surface area contributed by atoms with Crippen molar-refractivity contribution in [2.75, 3.05) is 11.9 Å². The molecule has 2 rings (SSSR count). The molecule has 0 radical (unpaired) electrons. The van der Waals surface area contributed by atoms with Gasteiger partial charge in [-0.05, 0) is 18.4 Å². The Balaban J connectivity index is 2.35. The van der Waals surface area contributed by atoms with E-state index in [0.29, 0.717) is 5.46 Å². The minimum atomic E-state index is -1.42. The Kier molecular flexibility index (Phi) is 2.20. The van der Waals surface area contributed by atoms with Crippen molar-refractivity contribution in [1.82, 2.24) is 4.98 Å². The van der Waals surface area contributed by atoms with Crippen LogP contribution in [0.15, 0.2) is 12.3 Å². The average molecular weight is 178 g/mol. The van der Waals surface area contributed by atoms with Gasteiger partial charge in [0, 0.05) is 18.2 Å². The highest BCUT2D eigenvalue weighted by Gasteiger charge is 2.15. The second-order valence-corrected chi connectivity index (χ2v) is 3.18. The molecule has 0 aliphatic carbocycles. The number of rotatable bonds is 1. The Bertz CT molecular complexity index is 317. The number of aromatic nitrogens is 1. The van der Waals surface area contributed by atoms with Crippen molar-refractivity contribution >= 4 is 18.4 Å². The summed E-state index contributed by atoms with van der Waals surface area (Å²) in [5.41, 5.74) is 1.53. The van der Waals surface area contributed by atoms with E-state index in [-0.39, 0.29) is 0 Å². The molecule has 1 aromatic rings. The predicted molar refractivity (Wildman–Crippen MR) is 50.9 cm³/mol. The monoisotopic (exact) mass is 178 g/mol. The van der Waals surface area contributed by atoms with Crippen LogP contribution in [0.1, 0.15) is 12.0 Å². The number of anilines is 1. The van der Waals surface area contributed by atoms with Gasteiger partial charge in [-0.15, -0.1) is 0 Å². The molecule has 0 saturated heterocycles. The Morgan fingerprint density at radius 2 is 2.31 bits per heavy atom. The van der Waals surface area contributed by atoms with Crippen LogP contribution in [0.2, 0.25) is 0 Å². The molecule has 1 aliphatic rings. The molecule has 0 aromatic carbocycles. The van der Waals surface area contributed by atoms with Crippen molar-refractivity contribution < 1.29 is 10.0 Å². The number of pyridine rings is 1. The Hall–Kier alpha value is -1.07. The predicted octanol–water partition coefficient (Wildman–Crippen LogP) is -0.881. The maximum Gasteiger partial charge on any atom is 0.490 e. The third-order valence-electron chi connectivity index (χ3n) is 2.20. The Labute approximate surface area is 76.8 Å². The fourth-order valence-corrected chi connectivity index (χ4v) is 1.51. The molecule has 0 spiro atoms. The first kappa shape index (κ1) is 8.53. The minimum absolute atomic E-state index is 0.461. The molecule has 0 saturated carbocycles. The van der Waals surface area contributed by atoms with Gasteiger partial charge < -0.3 is 15.4 Å². The summed E-state index contributed by atoms with van der Waals surface area (Å²) in [4.78, 5) is 4.11. The largest absolute Gasteiger partial charge is 0.490 e. The van der Waals surface area contributed by atoms with Crippen LogP contribution in [-0.4, -0.2) is 28.7 Å². The van der Waals surface area contributed by atoms with E-state index in [2.05, 4.69) is 10.3 Å². The van der Waals surface area contributed by atoms with E-state index in [4.69, 9.17) is 10.0 Å². The Morgan fingerprint density at radius 3 is 3.08 bits per heavy atom. The van der Waals surface area contributed by atoms with E-state index in [0.717, 1.165) is 30.8 Å². The summed E-state index contributed by atoms with van der Waals surface area (Å²) in [6, 6.07) is 1.79. The van der Waals surface area contributed by atoms with Gasteiger partial charge in [-0.1, -0.05) is 6.07 Å². The molecule has 5 heteroatoms. The lowest BCUT2D eigenvalue weighted by Crippen LogP contribution is -2.31. The highest BCUT2D eigenvalue weighted by atomic mass is 16.4. The van der Waals surface area contributed by atoms with Crippen LogP contribution in [-0.2, 0) is 6.42 Å². The van der Waals surface area contributed by atoms with Gasteiger partial charge in [0.05, 0.1) is 0 Å². The summed E-state index contributed by atoms with van der Waals surface area (Å²) in [6.45, 7) is 0.945. The normalized spacial score (nSPS) is 14.6. The number of nitrogens with zero attached hydrogens (tertiary/aromatic N) is 1. The van der Waals surface area contributed by atoms with Gasteiger partial charge >= 0.3 is 7.12 Å². The molecule has 0 atom stereocenters. The molecule has 2 heterocycles. The molecule has 1 aliphatic heterocycles. The van der Waals surface area contributed by atoms with E-state index < -0.39 is 7.12 Å². The van der Waals surface area contributed by atoms with E-state index in [1.54, 1.807) is 6.07 Å². The highest BCUT2D eigenvalue weighted by Crippen LogP contribution is 2.16. The summed E-state index contributed by atoms with van der Waals surface area (Å²) in [7, 11) is -1.42. The van der Waals surface area contributed by atoms with E-state index in [1.165, 1.54) is 6.20 Å². The first-order valence-electron chi connectivity index (χ1n) is 4.36. The van der Waals surface area contributed by atoms with Gasteiger partial charge in [0.25, 0.3) is 0 Å². The summed E-state index contributed by atoms with van der Waals surface area (Å²) in [6.07, 6.45) is 3.51. The number of hydrogen-bond donors (Lipinski definition) is 3. The van der Waals surface area contributed by atoms with Crippen LogP contribution < -0.4 is 10.8 Å². The van der Waals surface area contributed by atoms with Crippen LogP contribution in [0.3, 0.4) is 0 Å². The molecular weight excluding hydrogens is 167 g/mol. The summed E-state index contributed by atoms with van der Waals surface area (Å²) in [5, 5.41) is 21.0. The lowest BCUT2D eigenvalue weighted by atomic mass is 9.80. The van der Waals surface area contributed by atoms with E-state index >= 15 is 0 Å². The van der Waals surface area contributed by atoms with Gasteiger partial charge in [0.2, 0.25) is 0 Å². The molecule has 68 valence electrons. The lowest BCUT2D eigenvalue weighted by molar-refractivity contribution is 0.425. The molecule has 0 fully saturated rings. The minimum Gasteiger partial charge on any atom is -0.423 e. The molecule has 1 aromatic heterocycles. The van der Waals surface area contributed by atoms with Gasteiger partial charge in [0.1, 0.15) is 5.82 Å². The van der Waals surface area contributed by atoms with Crippen LogP contribution in [0.4, 0.5) is 5.82 Å². The first-order chi connectivity index (χ1) is 6.27. The third-order valence-corrected chi connectivity index (χ3v) is 2.20. The van der Waals surface area contributed by atoms with Crippen LogP contribution in [0, 0.1) is 0 Å². The van der Waals surface area contributed by atoms with Gasteiger partial charge in [-0.3, -0.25) is 0 Å². The summed E-state index contributed by atoms with van der Waals surface area (Å²) >= 11 is 0. The van der Waals surface area contributed by atoms with Crippen molar-refractivity contribution in [2.45, 2.75) is 12.8 Å². The maximum absolute atomic E-state index is 8.92. The second kappa shape index (κ2) is 3.36. The van der Waals surface area contributed by atoms with Gasteiger partial charge in [-0.25, -0.2) is 4.98 Å². The van der Waals surface area contributed by atoms with E-state index in [1.807, 2.05) is 0 Å². The topological polar surface area (TPSA) is 65.4 Å². The molecule has 0 amide bonds. The number of nitrogens with one attached hydrogen (secondary N) is 1. The van der Waals surface area contributed by atoms with Crippen LogP contribution in [0.5, 0.6) is 0 Å². The zero-order valence-corrected chi connectivity index (χ0v) is 7.20. The third kappa shape index (κ3) is 1.66. The van der Waals surface area contributed by atoms with Crippen molar-refractivity contribution in [3.8, 4) is 0 Å². The fraction of sp³-hybridized carbons (Fsp3) is 0.375. The summed E-state index contributed by atoms with van der Waals surface area (Å²) < 4.78 is 0. The second-order valence-electron chi connectivity index (χ2n) is 3.18. The average Bonchev–Trinajstić information content (AvgIpc) is 2.17. The van der Waals surface area contributed by atoms with Crippen LogP contribution in [0.25, 0.3) is 0 Å². The smallest absolute Gasteiger partial charge is 0.423 e. The molecule has 4 nitrogen and oxygen atoms in total. The van der Waals surface area contributed by atoms with Gasteiger partial charge in [-0.2, -0.15) is 0 Å². The first-order valence-corrected chi connectivity index (χ1v) is 4.36. The summed E-state index contributed by atoms with van der Waals surface area (Å²) in [5.74, 6) is 0.871. The molecule has 13 heavy (non-hydrogen) atoms. The molecule has 0 bridgehead atoms. The number of fused-ring (bicyclic) bond motifs is 1. The lowest BCUT2D eigenvalue weighted by Gasteiger charge is -2.17. The van der Waals surface area contributed by atoms with Crippen molar-refractivity contribution in [2.24, 2.45) is 0 Å². The standard InChI is InChI=1S/C8H11BN2O2/c12-9(13)7-4-6-2-1-3-10-8(6)11-5-7/h4-5,12-13H,1-3H2,(H,10,11). The molecule has 3 N–H and O–H groups in total. The Morgan fingerprint density at radius 1 is 1.46 bits per heavy atom. The molecular formula is C8H11BN2O2. The van der Waals surface area contributed by atoms with Crippen molar-refractivity contribution in [3.63, 3.8) is 0 Å². The number of hydrogen-bond acceptors (Lipinski definition) is 4. The van der Waals surface area contributed by atoms with Gasteiger partial charge in [0.15, 0.2) is 0 Å². The SMILES string of the molecule is OB(O)c1cnc2c(c1)CCCN2.